The van der Waals surface area contributed by atoms with Gasteiger partial charge in [0.1, 0.15) is 5.75 Å². The summed E-state index contributed by atoms with van der Waals surface area (Å²) in [5.74, 6) is 0.191. The smallest absolute Gasteiger partial charge is 0.406 e. The summed E-state index contributed by atoms with van der Waals surface area (Å²) < 4.78 is 42.7. The minimum atomic E-state index is -4.68. The molecule has 3 heterocycles. The lowest BCUT2D eigenvalue weighted by atomic mass is 9.57. The Morgan fingerprint density at radius 2 is 1.85 bits per heavy atom. The maximum atomic E-state index is 12.8. The average Bonchev–Trinajstić information content (AvgIpc) is 3.11. The molecule has 3 aromatic rings. The third kappa shape index (κ3) is 4.56. The van der Waals surface area contributed by atoms with E-state index in [1.165, 1.54) is 12.1 Å². The molecular formula is C25H27F3N4O2. The number of piperidine rings is 1. The molecule has 1 saturated heterocycles. The number of carbonyl (C=O) groups is 1. The van der Waals surface area contributed by atoms with Crippen molar-refractivity contribution in [2.45, 2.75) is 39.0 Å². The Morgan fingerprint density at radius 3 is 2.53 bits per heavy atom. The predicted molar refractivity (Wildman–Crippen MR) is 122 cm³/mol. The highest BCUT2D eigenvalue weighted by Crippen LogP contribution is 2.52. The standard InChI is InChI=1S/C25H27F3N4O2/c1-17-22(21-4-2-3-11-32(21)30-17)23(33)29-16-18-14-24(15-18)9-12-31(13-10-24)19-5-7-20(8-6-19)34-25(26,27)28/h2-8,11,18H,9-10,12-16H2,1H3,(H,29,33). The molecule has 0 radical (unpaired) electrons. The van der Waals surface area contributed by atoms with Gasteiger partial charge in [0.05, 0.1) is 16.8 Å². The highest BCUT2D eigenvalue weighted by atomic mass is 19.4. The molecular weight excluding hydrogens is 445 g/mol. The first-order chi connectivity index (χ1) is 16.2. The summed E-state index contributed by atoms with van der Waals surface area (Å²) in [7, 11) is 0. The minimum absolute atomic E-state index is 0.0765. The van der Waals surface area contributed by atoms with Gasteiger partial charge in [0.25, 0.3) is 5.91 Å². The lowest BCUT2D eigenvalue weighted by molar-refractivity contribution is -0.274. The minimum Gasteiger partial charge on any atom is -0.406 e. The summed E-state index contributed by atoms with van der Waals surface area (Å²) in [6.07, 6.45) is 1.44. The zero-order valence-electron chi connectivity index (χ0n) is 18.9. The summed E-state index contributed by atoms with van der Waals surface area (Å²) in [6, 6.07) is 11.8. The predicted octanol–water partition coefficient (Wildman–Crippen LogP) is 4.97. The first-order valence-corrected chi connectivity index (χ1v) is 11.5. The van der Waals surface area contributed by atoms with Crippen LogP contribution in [-0.2, 0) is 0 Å². The number of pyridine rings is 1. The molecule has 180 valence electrons. The molecule has 2 aliphatic rings. The first-order valence-electron chi connectivity index (χ1n) is 11.5. The van der Waals surface area contributed by atoms with Crippen LogP contribution < -0.4 is 15.0 Å². The molecule has 0 atom stereocenters. The zero-order valence-corrected chi connectivity index (χ0v) is 18.9. The van der Waals surface area contributed by atoms with E-state index in [0.717, 1.165) is 55.7 Å². The van der Waals surface area contributed by atoms with Gasteiger partial charge in [-0.05, 0) is 80.3 Å². The van der Waals surface area contributed by atoms with Crippen LogP contribution in [0.4, 0.5) is 18.9 Å². The number of aryl methyl sites for hydroxylation is 1. The number of ether oxygens (including phenoxy) is 1. The molecule has 0 bridgehead atoms. The van der Waals surface area contributed by atoms with Crippen molar-refractivity contribution in [3.05, 3.63) is 59.9 Å². The molecule has 1 spiro atoms. The van der Waals surface area contributed by atoms with Gasteiger partial charge in [-0.25, -0.2) is 4.52 Å². The summed E-state index contributed by atoms with van der Waals surface area (Å²) in [5, 5.41) is 7.51. The molecule has 2 fully saturated rings. The molecule has 5 rings (SSSR count). The Kier molecular flexibility index (Phi) is 5.65. The maximum Gasteiger partial charge on any atom is 0.573 e. The van der Waals surface area contributed by atoms with E-state index in [9.17, 15) is 18.0 Å². The first kappa shape index (κ1) is 22.6. The van der Waals surface area contributed by atoms with Crippen LogP contribution in [0.5, 0.6) is 5.75 Å². The second-order valence-corrected chi connectivity index (χ2v) is 9.50. The number of aromatic nitrogens is 2. The van der Waals surface area contributed by atoms with Crippen LogP contribution in [0, 0.1) is 18.3 Å². The third-order valence-corrected chi connectivity index (χ3v) is 7.20. The normalized spacial score (nSPS) is 18.2. The highest BCUT2D eigenvalue weighted by Gasteiger charge is 2.45. The van der Waals surface area contributed by atoms with Crippen molar-refractivity contribution in [2.75, 3.05) is 24.5 Å². The summed E-state index contributed by atoms with van der Waals surface area (Å²) in [4.78, 5) is 15.0. The number of fused-ring (bicyclic) bond motifs is 1. The fourth-order valence-electron chi connectivity index (χ4n) is 5.54. The van der Waals surface area contributed by atoms with Crippen LogP contribution in [0.2, 0.25) is 0 Å². The largest absolute Gasteiger partial charge is 0.573 e. The second kappa shape index (κ2) is 8.52. The maximum absolute atomic E-state index is 12.8. The van der Waals surface area contributed by atoms with E-state index in [2.05, 4.69) is 20.1 Å². The van der Waals surface area contributed by atoms with E-state index in [-0.39, 0.29) is 11.7 Å². The Morgan fingerprint density at radius 1 is 1.15 bits per heavy atom. The van der Waals surface area contributed by atoms with E-state index in [0.29, 0.717) is 23.4 Å². The van der Waals surface area contributed by atoms with Crippen LogP contribution >= 0.6 is 0 Å². The van der Waals surface area contributed by atoms with Crippen LogP contribution in [0.15, 0.2) is 48.7 Å². The molecule has 1 N–H and O–H groups in total. The summed E-state index contributed by atoms with van der Waals surface area (Å²) in [5.41, 5.74) is 3.39. The van der Waals surface area contributed by atoms with Crippen molar-refractivity contribution >= 4 is 17.1 Å². The average molecular weight is 473 g/mol. The van der Waals surface area contributed by atoms with Crippen LogP contribution in [0.1, 0.15) is 41.7 Å². The molecule has 1 aliphatic carbocycles. The Bertz CT molecular complexity index is 1170. The monoisotopic (exact) mass is 472 g/mol. The molecule has 34 heavy (non-hydrogen) atoms. The van der Waals surface area contributed by atoms with E-state index in [4.69, 9.17) is 0 Å². The van der Waals surface area contributed by atoms with Gasteiger partial charge < -0.3 is 15.0 Å². The Labute approximate surface area is 195 Å². The van der Waals surface area contributed by atoms with E-state index < -0.39 is 6.36 Å². The van der Waals surface area contributed by atoms with Crippen LogP contribution in [0.25, 0.3) is 5.52 Å². The number of halogens is 3. The lowest BCUT2D eigenvalue weighted by Crippen LogP contribution is -2.49. The quantitative estimate of drug-likeness (QED) is 0.570. The van der Waals surface area contributed by atoms with Crippen molar-refractivity contribution in [3.8, 4) is 5.75 Å². The lowest BCUT2D eigenvalue weighted by Gasteiger charge is -2.52. The molecule has 1 amide bonds. The number of amides is 1. The van der Waals surface area contributed by atoms with Crippen LogP contribution in [-0.4, -0.2) is 41.5 Å². The fraction of sp³-hybridized carbons (Fsp3) is 0.440. The Balaban J connectivity index is 1.10. The number of nitrogens with zero attached hydrogens (tertiary/aromatic N) is 3. The number of benzene rings is 1. The van der Waals surface area contributed by atoms with Gasteiger partial charge in [-0.3, -0.25) is 4.79 Å². The number of alkyl halides is 3. The molecule has 1 aromatic carbocycles. The number of hydrogen-bond acceptors (Lipinski definition) is 4. The number of hydrogen-bond donors (Lipinski definition) is 1. The van der Waals surface area contributed by atoms with Gasteiger partial charge in [0.15, 0.2) is 0 Å². The highest BCUT2D eigenvalue weighted by molar-refractivity contribution is 6.01. The van der Waals surface area contributed by atoms with Gasteiger partial charge >= 0.3 is 6.36 Å². The van der Waals surface area contributed by atoms with Gasteiger partial charge in [-0.1, -0.05) is 6.07 Å². The summed E-state index contributed by atoms with van der Waals surface area (Å²) >= 11 is 0. The van der Waals surface area contributed by atoms with E-state index in [1.54, 1.807) is 16.6 Å². The number of nitrogens with one attached hydrogen (secondary N) is 1. The molecule has 1 saturated carbocycles. The van der Waals surface area contributed by atoms with Crippen molar-refractivity contribution < 1.29 is 22.7 Å². The SMILES string of the molecule is Cc1nn2ccccc2c1C(=O)NCC1CC2(CCN(c3ccc(OC(F)(F)F)cc3)CC2)C1. The molecule has 0 unspecified atom stereocenters. The van der Waals surface area contributed by atoms with Gasteiger partial charge in [-0.15, -0.1) is 13.2 Å². The number of rotatable bonds is 5. The third-order valence-electron chi connectivity index (χ3n) is 7.20. The fourth-order valence-corrected chi connectivity index (χ4v) is 5.54. The molecule has 2 aromatic heterocycles. The molecule has 1 aliphatic heterocycles. The molecule has 9 heteroatoms. The summed E-state index contributed by atoms with van der Waals surface area (Å²) in [6.45, 7) is 4.26. The van der Waals surface area contributed by atoms with E-state index >= 15 is 0 Å². The van der Waals surface area contributed by atoms with Gasteiger partial charge in [-0.2, -0.15) is 5.10 Å². The van der Waals surface area contributed by atoms with Crippen molar-refractivity contribution in [1.29, 1.82) is 0 Å². The number of anilines is 1. The van der Waals surface area contributed by atoms with Crippen molar-refractivity contribution in [1.82, 2.24) is 14.9 Å². The van der Waals surface area contributed by atoms with Crippen molar-refractivity contribution in [3.63, 3.8) is 0 Å². The molecule has 6 nitrogen and oxygen atoms in total. The van der Waals surface area contributed by atoms with E-state index in [1.807, 2.05) is 31.3 Å². The zero-order chi connectivity index (χ0) is 23.9. The van der Waals surface area contributed by atoms with Gasteiger partial charge in [0, 0.05) is 31.5 Å². The second-order valence-electron chi connectivity index (χ2n) is 9.50. The van der Waals surface area contributed by atoms with Gasteiger partial charge in [0.2, 0.25) is 0 Å². The number of carbonyl (C=O) groups excluding carboxylic acids is 1. The Hall–Kier alpha value is -3.23. The van der Waals surface area contributed by atoms with Crippen molar-refractivity contribution in [2.24, 2.45) is 11.3 Å². The van der Waals surface area contributed by atoms with Crippen LogP contribution in [0.3, 0.4) is 0 Å². The topological polar surface area (TPSA) is 58.9 Å².